The fourth-order valence-corrected chi connectivity index (χ4v) is 2.98. The number of carbonyl (C=O) groups is 1. The molecule has 0 saturated heterocycles. The fraction of sp³-hybridized carbons (Fsp3) is 0.417. The minimum absolute atomic E-state index is 0.115. The Morgan fingerprint density at radius 1 is 1.50 bits per heavy atom. The van der Waals surface area contributed by atoms with Crippen molar-refractivity contribution in [2.24, 2.45) is 5.92 Å². The molecule has 1 fully saturated rings. The maximum Gasteiger partial charge on any atom is 0.314 e. The quantitative estimate of drug-likeness (QED) is 0.878. The third-order valence-electron chi connectivity index (χ3n) is 3.61. The van der Waals surface area contributed by atoms with Crippen LogP contribution in [0.3, 0.4) is 0 Å². The molecule has 86 valence electrons. The first-order valence-electron chi connectivity index (χ1n) is 5.17. The predicted octanol–water partition coefficient (Wildman–Crippen LogP) is 3.75. The van der Waals surface area contributed by atoms with Crippen molar-refractivity contribution >= 4 is 29.2 Å². The average molecular weight is 259 g/mol. The van der Waals surface area contributed by atoms with E-state index in [1.165, 1.54) is 0 Å². The topological polar surface area (TPSA) is 37.3 Å². The van der Waals surface area contributed by atoms with Crippen LogP contribution >= 0.6 is 23.2 Å². The van der Waals surface area contributed by atoms with Gasteiger partial charge in [-0.25, -0.2) is 0 Å². The number of aliphatic carboxylic acids is 1. The average Bonchev–Trinajstić information content (AvgIpc) is 2.19. The smallest absolute Gasteiger partial charge is 0.314 e. The minimum Gasteiger partial charge on any atom is -0.481 e. The van der Waals surface area contributed by atoms with Crippen LogP contribution in [0.25, 0.3) is 0 Å². The number of carboxylic acids is 1. The standard InChI is InChI=1S/C12H12Cl2O2/c1-7-4-5-12(7,11(15)16)9-3-2-8(13)6-10(9)14/h2-3,6-7H,4-5H2,1H3,(H,15,16). The molecule has 1 aliphatic rings. The van der Waals surface area contributed by atoms with Gasteiger partial charge in [-0.1, -0.05) is 36.2 Å². The van der Waals surface area contributed by atoms with Gasteiger partial charge in [0.05, 0.1) is 5.41 Å². The van der Waals surface area contributed by atoms with Crippen molar-refractivity contribution < 1.29 is 9.90 Å². The first kappa shape index (κ1) is 11.7. The van der Waals surface area contributed by atoms with Crippen LogP contribution in [-0.2, 0) is 10.2 Å². The van der Waals surface area contributed by atoms with Gasteiger partial charge in [0.1, 0.15) is 0 Å². The van der Waals surface area contributed by atoms with Crippen LogP contribution in [0.2, 0.25) is 10.0 Å². The summed E-state index contributed by atoms with van der Waals surface area (Å²) in [5.74, 6) is -0.681. The molecule has 2 atom stereocenters. The maximum absolute atomic E-state index is 11.5. The normalized spacial score (nSPS) is 28.6. The molecular formula is C12H12Cl2O2. The van der Waals surface area contributed by atoms with Crippen LogP contribution in [0, 0.1) is 5.92 Å². The zero-order valence-corrected chi connectivity index (χ0v) is 10.3. The number of hydrogen-bond acceptors (Lipinski definition) is 1. The number of carboxylic acid groups (broad SMARTS) is 1. The van der Waals surface area contributed by atoms with Gasteiger partial charge < -0.3 is 5.11 Å². The van der Waals surface area contributed by atoms with Crippen LogP contribution in [-0.4, -0.2) is 11.1 Å². The molecule has 0 heterocycles. The number of benzene rings is 1. The van der Waals surface area contributed by atoms with E-state index in [9.17, 15) is 9.90 Å². The Morgan fingerprint density at radius 3 is 2.56 bits per heavy atom. The summed E-state index contributed by atoms with van der Waals surface area (Å²) >= 11 is 11.9. The summed E-state index contributed by atoms with van der Waals surface area (Å²) in [6.45, 7) is 1.95. The zero-order valence-electron chi connectivity index (χ0n) is 8.84. The SMILES string of the molecule is CC1CCC1(C(=O)O)c1ccc(Cl)cc1Cl. The Labute approximate surface area is 104 Å². The molecule has 0 aromatic heterocycles. The van der Waals surface area contributed by atoms with Crippen molar-refractivity contribution in [2.75, 3.05) is 0 Å². The second kappa shape index (κ2) is 3.94. The predicted molar refractivity (Wildman–Crippen MR) is 64.2 cm³/mol. The Morgan fingerprint density at radius 2 is 2.19 bits per heavy atom. The van der Waals surface area contributed by atoms with E-state index in [-0.39, 0.29) is 5.92 Å². The van der Waals surface area contributed by atoms with Gasteiger partial charge in [0.2, 0.25) is 0 Å². The molecule has 1 N–H and O–H groups in total. The van der Waals surface area contributed by atoms with E-state index in [1.54, 1.807) is 18.2 Å². The molecular weight excluding hydrogens is 247 g/mol. The summed E-state index contributed by atoms with van der Waals surface area (Å²) in [5.41, 5.74) is -0.133. The number of halogens is 2. The minimum atomic E-state index is -0.818. The van der Waals surface area contributed by atoms with Crippen LogP contribution in [0.5, 0.6) is 0 Å². The van der Waals surface area contributed by atoms with Crippen molar-refractivity contribution in [3.63, 3.8) is 0 Å². The molecule has 1 aromatic rings. The molecule has 1 aromatic carbocycles. The van der Waals surface area contributed by atoms with Gasteiger partial charge in [-0.05, 0) is 36.5 Å². The van der Waals surface area contributed by atoms with Crippen molar-refractivity contribution in [1.29, 1.82) is 0 Å². The van der Waals surface area contributed by atoms with Gasteiger partial charge in [0.15, 0.2) is 0 Å². The molecule has 0 spiro atoms. The van der Waals surface area contributed by atoms with E-state index >= 15 is 0 Å². The molecule has 1 saturated carbocycles. The van der Waals surface area contributed by atoms with Crippen LogP contribution in [0.15, 0.2) is 18.2 Å². The Kier molecular flexibility index (Phi) is 2.89. The molecule has 4 heteroatoms. The maximum atomic E-state index is 11.5. The van der Waals surface area contributed by atoms with Crippen molar-refractivity contribution in [3.8, 4) is 0 Å². The van der Waals surface area contributed by atoms with Crippen molar-refractivity contribution in [2.45, 2.75) is 25.2 Å². The molecule has 2 rings (SSSR count). The molecule has 16 heavy (non-hydrogen) atoms. The molecule has 2 nitrogen and oxygen atoms in total. The van der Waals surface area contributed by atoms with E-state index in [0.717, 1.165) is 6.42 Å². The van der Waals surface area contributed by atoms with Crippen LogP contribution in [0.1, 0.15) is 25.3 Å². The second-order valence-electron chi connectivity index (χ2n) is 4.34. The van der Waals surface area contributed by atoms with Gasteiger partial charge >= 0.3 is 5.97 Å². The van der Waals surface area contributed by atoms with E-state index in [1.807, 2.05) is 6.92 Å². The number of rotatable bonds is 2. The Bertz CT molecular complexity index is 445. The van der Waals surface area contributed by atoms with Gasteiger partial charge in [-0.3, -0.25) is 4.79 Å². The molecule has 0 aliphatic heterocycles. The van der Waals surface area contributed by atoms with Gasteiger partial charge in [-0.2, -0.15) is 0 Å². The van der Waals surface area contributed by atoms with Crippen molar-refractivity contribution in [1.82, 2.24) is 0 Å². The molecule has 0 amide bonds. The highest BCUT2D eigenvalue weighted by Gasteiger charge is 2.52. The molecule has 1 aliphatic carbocycles. The third-order valence-corrected chi connectivity index (χ3v) is 4.15. The summed E-state index contributed by atoms with van der Waals surface area (Å²) in [7, 11) is 0. The monoisotopic (exact) mass is 258 g/mol. The van der Waals surface area contributed by atoms with Crippen LogP contribution in [0.4, 0.5) is 0 Å². The first-order chi connectivity index (χ1) is 7.48. The van der Waals surface area contributed by atoms with E-state index in [2.05, 4.69) is 0 Å². The third kappa shape index (κ3) is 1.52. The summed E-state index contributed by atoms with van der Waals surface area (Å²) < 4.78 is 0. The van der Waals surface area contributed by atoms with E-state index < -0.39 is 11.4 Å². The highest BCUT2D eigenvalue weighted by atomic mass is 35.5. The summed E-state index contributed by atoms with van der Waals surface area (Å²) in [6.07, 6.45) is 1.57. The lowest BCUT2D eigenvalue weighted by Gasteiger charge is -2.45. The van der Waals surface area contributed by atoms with E-state index in [0.29, 0.717) is 22.0 Å². The lowest BCUT2D eigenvalue weighted by Crippen LogP contribution is -2.49. The molecule has 2 unspecified atom stereocenters. The van der Waals surface area contributed by atoms with Gasteiger partial charge in [0.25, 0.3) is 0 Å². The lowest BCUT2D eigenvalue weighted by atomic mass is 9.57. The van der Waals surface area contributed by atoms with Gasteiger partial charge in [0, 0.05) is 10.0 Å². The Hall–Kier alpha value is -0.730. The lowest BCUT2D eigenvalue weighted by molar-refractivity contribution is -0.151. The highest BCUT2D eigenvalue weighted by Crippen LogP contribution is 2.51. The molecule has 0 bridgehead atoms. The summed E-state index contributed by atoms with van der Waals surface area (Å²) in [6, 6.07) is 5.03. The largest absolute Gasteiger partial charge is 0.481 e. The van der Waals surface area contributed by atoms with Gasteiger partial charge in [-0.15, -0.1) is 0 Å². The van der Waals surface area contributed by atoms with Crippen molar-refractivity contribution in [3.05, 3.63) is 33.8 Å². The first-order valence-corrected chi connectivity index (χ1v) is 5.93. The summed E-state index contributed by atoms with van der Waals surface area (Å²) in [4.78, 5) is 11.5. The Balaban J connectivity index is 2.53. The fourth-order valence-electron chi connectivity index (χ4n) is 2.41. The highest BCUT2D eigenvalue weighted by molar-refractivity contribution is 6.35. The van der Waals surface area contributed by atoms with Crippen LogP contribution < -0.4 is 0 Å². The number of hydrogen-bond donors (Lipinski definition) is 1. The summed E-state index contributed by atoms with van der Waals surface area (Å²) in [5, 5.41) is 10.4. The molecule has 0 radical (unpaired) electrons. The van der Waals surface area contributed by atoms with E-state index in [4.69, 9.17) is 23.2 Å². The second-order valence-corrected chi connectivity index (χ2v) is 5.18. The zero-order chi connectivity index (χ0) is 11.9.